The van der Waals surface area contributed by atoms with E-state index >= 15 is 0 Å². The third kappa shape index (κ3) is 6.11. The number of amides is 1. The predicted octanol–water partition coefficient (Wildman–Crippen LogP) is 2.70. The summed E-state index contributed by atoms with van der Waals surface area (Å²) in [6, 6.07) is 2.79. The molecule has 0 heterocycles. The Balaban J connectivity index is 3.10. The SMILES string of the molecule is CCCCN(CCC(=O)OCC)C(=O)c1cc([N+](=O)[O-])cc([N+](=O)[O-])c1. The molecule has 0 aromatic heterocycles. The molecule has 0 aliphatic rings. The number of carbonyl (C=O) groups is 2. The molecule has 0 radical (unpaired) electrons. The minimum Gasteiger partial charge on any atom is -0.466 e. The standard InChI is InChI=1S/C16H21N3O7/c1-3-5-7-17(8-6-15(20)26-4-2)16(21)12-9-13(18(22)23)11-14(10-12)19(24)25/h9-11H,3-8H2,1-2H3. The molecule has 1 amide bonds. The Kier molecular flexibility index (Phi) is 8.13. The molecule has 0 saturated carbocycles. The van der Waals surface area contributed by atoms with Crippen molar-refractivity contribution in [2.24, 2.45) is 0 Å². The molecule has 0 saturated heterocycles. The molecule has 1 aromatic rings. The Hall–Kier alpha value is -3.04. The average molecular weight is 367 g/mol. The van der Waals surface area contributed by atoms with Crippen LogP contribution in [-0.2, 0) is 9.53 Å². The van der Waals surface area contributed by atoms with Crippen LogP contribution in [0.1, 0.15) is 43.5 Å². The third-order valence-corrected chi connectivity index (χ3v) is 3.53. The molecule has 10 heteroatoms. The molecule has 0 atom stereocenters. The van der Waals surface area contributed by atoms with Gasteiger partial charge in [0.2, 0.25) is 0 Å². The smallest absolute Gasteiger partial charge is 0.307 e. The zero-order valence-corrected chi connectivity index (χ0v) is 14.7. The van der Waals surface area contributed by atoms with Crippen molar-refractivity contribution in [2.75, 3.05) is 19.7 Å². The monoisotopic (exact) mass is 367 g/mol. The number of ether oxygens (including phenoxy) is 1. The summed E-state index contributed by atoms with van der Waals surface area (Å²) in [6.45, 7) is 4.20. The zero-order chi connectivity index (χ0) is 19.7. The van der Waals surface area contributed by atoms with Gasteiger partial charge >= 0.3 is 5.97 Å². The van der Waals surface area contributed by atoms with E-state index in [9.17, 15) is 29.8 Å². The summed E-state index contributed by atoms with van der Waals surface area (Å²) >= 11 is 0. The summed E-state index contributed by atoms with van der Waals surface area (Å²) in [7, 11) is 0. The van der Waals surface area contributed by atoms with Gasteiger partial charge in [0.1, 0.15) is 0 Å². The number of hydrogen-bond donors (Lipinski definition) is 0. The minimum atomic E-state index is -0.793. The maximum absolute atomic E-state index is 12.7. The second kappa shape index (κ2) is 10.1. The van der Waals surface area contributed by atoms with Crippen LogP contribution in [0.3, 0.4) is 0 Å². The van der Waals surface area contributed by atoms with Gasteiger partial charge < -0.3 is 9.64 Å². The third-order valence-electron chi connectivity index (χ3n) is 3.53. The number of esters is 1. The lowest BCUT2D eigenvalue weighted by molar-refractivity contribution is -0.394. The van der Waals surface area contributed by atoms with Crippen molar-refractivity contribution in [1.29, 1.82) is 0 Å². The fourth-order valence-electron chi connectivity index (χ4n) is 2.24. The minimum absolute atomic E-state index is 0.0275. The Bertz CT molecular complexity index is 658. The molecule has 1 aromatic carbocycles. The summed E-state index contributed by atoms with van der Waals surface area (Å²) in [5, 5.41) is 22.0. The second-order valence-electron chi connectivity index (χ2n) is 5.45. The van der Waals surface area contributed by atoms with Crippen LogP contribution < -0.4 is 0 Å². The zero-order valence-electron chi connectivity index (χ0n) is 14.7. The number of benzene rings is 1. The van der Waals surface area contributed by atoms with Crippen LogP contribution in [0.4, 0.5) is 11.4 Å². The van der Waals surface area contributed by atoms with Gasteiger partial charge in [0.05, 0.1) is 34.5 Å². The number of non-ortho nitro benzene ring substituents is 2. The summed E-state index contributed by atoms with van der Waals surface area (Å²) in [4.78, 5) is 45.9. The van der Waals surface area contributed by atoms with Gasteiger partial charge in [-0.05, 0) is 13.3 Å². The summed E-state index contributed by atoms with van der Waals surface area (Å²) in [6.07, 6.45) is 1.42. The van der Waals surface area contributed by atoms with E-state index in [0.29, 0.717) is 13.0 Å². The molecular formula is C16H21N3O7. The Morgan fingerprint density at radius 1 is 1.04 bits per heavy atom. The van der Waals surface area contributed by atoms with Crippen LogP contribution >= 0.6 is 0 Å². The first kappa shape index (κ1) is 21.0. The van der Waals surface area contributed by atoms with Crippen LogP contribution in [0.15, 0.2) is 18.2 Å². The maximum Gasteiger partial charge on any atom is 0.307 e. The van der Waals surface area contributed by atoms with Crippen molar-refractivity contribution < 1.29 is 24.2 Å². The number of nitrogens with zero attached hydrogens (tertiary/aromatic N) is 3. The van der Waals surface area contributed by atoms with Crippen molar-refractivity contribution in [3.63, 3.8) is 0 Å². The van der Waals surface area contributed by atoms with E-state index in [2.05, 4.69) is 0 Å². The predicted molar refractivity (Wildman–Crippen MR) is 91.8 cm³/mol. The van der Waals surface area contributed by atoms with Gasteiger partial charge in [-0.1, -0.05) is 13.3 Å². The number of carbonyl (C=O) groups excluding carboxylic acids is 2. The van der Waals surface area contributed by atoms with Gasteiger partial charge in [0, 0.05) is 25.2 Å². The van der Waals surface area contributed by atoms with Gasteiger partial charge in [-0.25, -0.2) is 0 Å². The van der Waals surface area contributed by atoms with Gasteiger partial charge in [0.15, 0.2) is 0 Å². The molecule has 0 bridgehead atoms. The lowest BCUT2D eigenvalue weighted by atomic mass is 10.1. The lowest BCUT2D eigenvalue weighted by Gasteiger charge is -2.22. The first-order chi connectivity index (χ1) is 12.3. The lowest BCUT2D eigenvalue weighted by Crippen LogP contribution is -2.34. The van der Waals surface area contributed by atoms with Crippen molar-refractivity contribution in [1.82, 2.24) is 4.90 Å². The topological polar surface area (TPSA) is 133 Å². The van der Waals surface area contributed by atoms with Crippen LogP contribution in [-0.4, -0.2) is 46.3 Å². The van der Waals surface area contributed by atoms with Gasteiger partial charge in [0.25, 0.3) is 17.3 Å². The first-order valence-electron chi connectivity index (χ1n) is 8.18. The molecule has 0 spiro atoms. The molecule has 0 aliphatic heterocycles. The van der Waals surface area contributed by atoms with E-state index in [1.165, 1.54) is 4.90 Å². The summed E-state index contributed by atoms with van der Waals surface area (Å²) in [5.41, 5.74) is -1.24. The molecule has 10 nitrogen and oxygen atoms in total. The molecule has 1 rings (SSSR count). The molecule has 0 aliphatic carbocycles. The summed E-state index contributed by atoms with van der Waals surface area (Å²) < 4.78 is 4.83. The summed E-state index contributed by atoms with van der Waals surface area (Å²) in [5.74, 6) is -1.07. The van der Waals surface area contributed by atoms with E-state index in [1.54, 1.807) is 6.92 Å². The number of rotatable bonds is 10. The van der Waals surface area contributed by atoms with Crippen LogP contribution in [0.2, 0.25) is 0 Å². The van der Waals surface area contributed by atoms with E-state index in [4.69, 9.17) is 4.74 Å². The highest BCUT2D eigenvalue weighted by molar-refractivity contribution is 5.95. The molecule has 26 heavy (non-hydrogen) atoms. The number of nitro benzene ring substituents is 2. The van der Waals surface area contributed by atoms with E-state index < -0.39 is 33.1 Å². The highest BCUT2D eigenvalue weighted by atomic mass is 16.6. The molecule has 142 valence electrons. The average Bonchev–Trinajstić information content (AvgIpc) is 2.61. The maximum atomic E-state index is 12.7. The van der Waals surface area contributed by atoms with Crippen LogP contribution in [0.25, 0.3) is 0 Å². The van der Waals surface area contributed by atoms with E-state index in [-0.39, 0.29) is 25.1 Å². The second-order valence-corrected chi connectivity index (χ2v) is 5.45. The van der Waals surface area contributed by atoms with Gasteiger partial charge in [-0.3, -0.25) is 29.8 Å². The number of hydrogen-bond acceptors (Lipinski definition) is 7. The fraction of sp³-hybridized carbons (Fsp3) is 0.500. The normalized spacial score (nSPS) is 10.2. The van der Waals surface area contributed by atoms with Gasteiger partial charge in [-0.15, -0.1) is 0 Å². The van der Waals surface area contributed by atoms with Crippen molar-refractivity contribution in [3.8, 4) is 0 Å². The Labute approximate surface area is 150 Å². The molecular weight excluding hydrogens is 346 g/mol. The van der Waals surface area contributed by atoms with Crippen LogP contribution in [0.5, 0.6) is 0 Å². The van der Waals surface area contributed by atoms with Crippen molar-refractivity contribution in [3.05, 3.63) is 44.0 Å². The fourth-order valence-corrected chi connectivity index (χ4v) is 2.24. The highest BCUT2D eigenvalue weighted by Gasteiger charge is 2.23. The van der Waals surface area contributed by atoms with E-state index in [1.807, 2.05) is 6.92 Å². The first-order valence-corrected chi connectivity index (χ1v) is 8.18. The Morgan fingerprint density at radius 2 is 1.62 bits per heavy atom. The molecule has 0 unspecified atom stereocenters. The Morgan fingerprint density at radius 3 is 2.08 bits per heavy atom. The van der Waals surface area contributed by atoms with Crippen molar-refractivity contribution in [2.45, 2.75) is 33.1 Å². The quantitative estimate of drug-likeness (QED) is 0.352. The highest BCUT2D eigenvalue weighted by Crippen LogP contribution is 2.24. The number of nitro groups is 2. The molecule has 0 N–H and O–H groups in total. The number of unbranched alkanes of at least 4 members (excludes halogenated alkanes) is 1. The van der Waals surface area contributed by atoms with E-state index in [0.717, 1.165) is 24.6 Å². The van der Waals surface area contributed by atoms with Crippen molar-refractivity contribution >= 4 is 23.3 Å². The van der Waals surface area contributed by atoms with Gasteiger partial charge in [-0.2, -0.15) is 0 Å². The molecule has 0 fully saturated rings. The largest absolute Gasteiger partial charge is 0.466 e. The van der Waals surface area contributed by atoms with Crippen LogP contribution in [0, 0.1) is 20.2 Å².